The monoisotopic (exact) mass is 404 g/mol. The molecule has 0 aliphatic heterocycles. The van der Waals surface area contributed by atoms with Crippen LogP contribution in [0.15, 0.2) is 85.1 Å². The second kappa shape index (κ2) is 9.89. The molecule has 0 saturated carbocycles. The predicted octanol–water partition coefficient (Wildman–Crippen LogP) is 4.75. The zero-order valence-corrected chi connectivity index (χ0v) is 17.3. The van der Waals surface area contributed by atoms with E-state index in [4.69, 9.17) is 0 Å². The molecular formula is C23H24N4OS. The van der Waals surface area contributed by atoms with E-state index >= 15 is 0 Å². The van der Waals surface area contributed by atoms with Crippen LogP contribution in [0.3, 0.4) is 0 Å². The van der Waals surface area contributed by atoms with Crippen molar-refractivity contribution in [1.29, 1.82) is 0 Å². The molecular weight excluding hydrogens is 380 g/mol. The first-order chi connectivity index (χ1) is 14.1. The van der Waals surface area contributed by atoms with Crippen molar-refractivity contribution in [3.8, 4) is 11.4 Å². The molecule has 1 amide bonds. The minimum absolute atomic E-state index is 0.00800. The van der Waals surface area contributed by atoms with Crippen LogP contribution in [0.2, 0.25) is 0 Å². The maximum absolute atomic E-state index is 12.9. The number of anilines is 1. The fourth-order valence-electron chi connectivity index (χ4n) is 2.98. The summed E-state index contributed by atoms with van der Waals surface area (Å²) in [6, 6.07) is 17.7. The number of benzene rings is 2. The van der Waals surface area contributed by atoms with E-state index in [0.717, 1.165) is 22.6 Å². The third-order valence-electron chi connectivity index (χ3n) is 4.31. The first kappa shape index (κ1) is 20.6. The molecule has 29 heavy (non-hydrogen) atoms. The third kappa shape index (κ3) is 5.03. The van der Waals surface area contributed by atoms with E-state index in [1.807, 2.05) is 66.1 Å². The number of allylic oxidation sites excluding steroid dienone is 1. The highest BCUT2D eigenvalue weighted by atomic mass is 32.2. The molecule has 2 aromatic carbocycles. The van der Waals surface area contributed by atoms with Crippen LogP contribution in [0.25, 0.3) is 11.4 Å². The lowest BCUT2D eigenvalue weighted by molar-refractivity contribution is -0.116. The molecule has 0 aliphatic rings. The summed E-state index contributed by atoms with van der Waals surface area (Å²) in [6.45, 7) is 10.7. The first-order valence-corrected chi connectivity index (χ1v) is 10.3. The SMILES string of the molecule is C=CCN(C(=O)CSc1nnc(-c2cccc(C)c2)n1CC=C)c1ccccc1. The van der Waals surface area contributed by atoms with Crippen molar-refractivity contribution >= 4 is 23.4 Å². The van der Waals surface area contributed by atoms with Gasteiger partial charge in [0, 0.05) is 24.3 Å². The van der Waals surface area contributed by atoms with Crippen LogP contribution in [0.4, 0.5) is 5.69 Å². The van der Waals surface area contributed by atoms with E-state index in [-0.39, 0.29) is 11.7 Å². The number of para-hydroxylation sites is 1. The van der Waals surface area contributed by atoms with Crippen molar-refractivity contribution < 1.29 is 4.79 Å². The van der Waals surface area contributed by atoms with Crippen LogP contribution >= 0.6 is 11.8 Å². The molecule has 0 aliphatic carbocycles. The Kier molecular flexibility index (Phi) is 7.03. The van der Waals surface area contributed by atoms with E-state index < -0.39 is 0 Å². The van der Waals surface area contributed by atoms with Gasteiger partial charge in [-0.2, -0.15) is 0 Å². The molecule has 0 fully saturated rings. The third-order valence-corrected chi connectivity index (χ3v) is 5.26. The Balaban J connectivity index is 1.80. The number of thioether (sulfide) groups is 1. The van der Waals surface area contributed by atoms with Gasteiger partial charge in [0.05, 0.1) is 5.75 Å². The summed E-state index contributed by atoms with van der Waals surface area (Å²) < 4.78 is 1.99. The average molecular weight is 405 g/mol. The number of rotatable bonds is 9. The summed E-state index contributed by atoms with van der Waals surface area (Å²) in [5.74, 6) is 1.02. The number of carbonyl (C=O) groups excluding carboxylic acids is 1. The van der Waals surface area contributed by atoms with Gasteiger partial charge in [0.1, 0.15) is 0 Å². The Morgan fingerprint density at radius 2 is 1.90 bits per heavy atom. The van der Waals surface area contributed by atoms with E-state index in [1.165, 1.54) is 11.8 Å². The Labute approximate surface area is 175 Å². The highest BCUT2D eigenvalue weighted by molar-refractivity contribution is 7.99. The lowest BCUT2D eigenvalue weighted by atomic mass is 10.1. The molecule has 0 unspecified atom stereocenters. The maximum Gasteiger partial charge on any atom is 0.237 e. The normalized spacial score (nSPS) is 10.5. The molecule has 1 heterocycles. The minimum Gasteiger partial charge on any atom is -0.308 e. The predicted molar refractivity (Wildman–Crippen MR) is 120 cm³/mol. The van der Waals surface area contributed by atoms with Crippen LogP contribution in [0.1, 0.15) is 5.56 Å². The van der Waals surface area contributed by atoms with Gasteiger partial charge in [-0.25, -0.2) is 0 Å². The van der Waals surface area contributed by atoms with Gasteiger partial charge in [-0.1, -0.05) is 65.9 Å². The fourth-order valence-corrected chi connectivity index (χ4v) is 3.80. The molecule has 0 N–H and O–H groups in total. The Bertz CT molecular complexity index is 997. The number of aromatic nitrogens is 3. The molecule has 0 bridgehead atoms. The topological polar surface area (TPSA) is 51.0 Å². The fraction of sp³-hybridized carbons (Fsp3) is 0.174. The van der Waals surface area contributed by atoms with Gasteiger partial charge >= 0.3 is 0 Å². The van der Waals surface area contributed by atoms with Crippen molar-refractivity contribution in [3.63, 3.8) is 0 Å². The quantitative estimate of drug-likeness (QED) is 0.381. The van der Waals surface area contributed by atoms with Crippen LogP contribution in [-0.4, -0.2) is 33.0 Å². The van der Waals surface area contributed by atoms with E-state index in [1.54, 1.807) is 11.0 Å². The smallest absolute Gasteiger partial charge is 0.237 e. The summed E-state index contributed by atoms with van der Waals surface area (Å²) >= 11 is 1.38. The summed E-state index contributed by atoms with van der Waals surface area (Å²) in [6.07, 6.45) is 3.54. The number of carbonyl (C=O) groups is 1. The van der Waals surface area contributed by atoms with Crippen molar-refractivity contribution in [2.24, 2.45) is 0 Å². The number of nitrogens with zero attached hydrogens (tertiary/aromatic N) is 4. The van der Waals surface area contributed by atoms with Gasteiger partial charge in [0.15, 0.2) is 11.0 Å². The number of hydrogen-bond acceptors (Lipinski definition) is 4. The molecule has 5 nitrogen and oxygen atoms in total. The van der Waals surface area contributed by atoms with Gasteiger partial charge in [-0.05, 0) is 25.1 Å². The average Bonchev–Trinajstić information content (AvgIpc) is 3.14. The van der Waals surface area contributed by atoms with Gasteiger partial charge in [0.25, 0.3) is 0 Å². The largest absolute Gasteiger partial charge is 0.308 e. The molecule has 0 spiro atoms. The first-order valence-electron chi connectivity index (χ1n) is 9.34. The second-order valence-electron chi connectivity index (χ2n) is 6.49. The second-order valence-corrected chi connectivity index (χ2v) is 7.43. The van der Waals surface area contributed by atoms with Gasteiger partial charge < -0.3 is 4.90 Å². The van der Waals surface area contributed by atoms with Crippen molar-refractivity contribution in [2.45, 2.75) is 18.6 Å². The Morgan fingerprint density at radius 1 is 1.10 bits per heavy atom. The van der Waals surface area contributed by atoms with Gasteiger partial charge in [0.2, 0.25) is 5.91 Å². The molecule has 0 saturated heterocycles. The molecule has 0 atom stereocenters. The highest BCUT2D eigenvalue weighted by Crippen LogP contribution is 2.25. The van der Waals surface area contributed by atoms with E-state index in [2.05, 4.69) is 29.4 Å². The summed E-state index contributed by atoms with van der Waals surface area (Å²) in [5.41, 5.74) is 3.00. The number of amides is 1. The molecule has 6 heteroatoms. The molecule has 1 aromatic heterocycles. The Morgan fingerprint density at radius 3 is 2.59 bits per heavy atom. The molecule has 0 radical (unpaired) electrons. The standard InChI is InChI=1S/C23H24N4OS/c1-4-14-26(20-12-7-6-8-13-20)21(28)17-29-23-25-24-22(27(23)15-5-2)19-11-9-10-18(3)16-19/h4-13,16H,1-2,14-15,17H2,3H3. The van der Waals surface area contributed by atoms with Crippen molar-refractivity contribution in [3.05, 3.63) is 85.5 Å². The molecule has 3 aromatic rings. The number of hydrogen-bond donors (Lipinski definition) is 0. The summed E-state index contributed by atoms with van der Waals surface area (Å²) in [7, 11) is 0. The summed E-state index contributed by atoms with van der Waals surface area (Å²) in [5, 5.41) is 9.39. The van der Waals surface area contributed by atoms with Gasteiger partial charge in [-0.15, -0.1) is 23.4 Å². The zero-order valence-electron chi connectivity index (χ0n) is 16.5. The van der Waals surface area contributed by atoms with E-state index in [0.29, 0.717) is 18.2 Å². The minimum atomic E-state index is -0.00800. The van der Waals surface area contributed by atoms with Crippen molar-refractivity contribution in [1.82, 2.24) is 14.8 Å². The zero-order chi connectivity index (χ0) is 20.6. The molecule has 148 valence electrons. The van der Waals surface area contributed by atoms with Crippen molar-refractivity contribution in [2.75, 3.05) is 17.2 Å². The van der Waals surface area contributed by atoms with E-state index in [9.17, 15) is 4.79 Å². The van der Waals surface area contributed by atoms with Crippen LogP contribution in [-0.2, 0) is 11.3 Å². The van der Waals surface area contributed by atoms with Crippen LogP contribution in [0, 0.1) is 6.92 Å². The van der Waals surface area contributed by atoms with Gasteiger partial charge in [-0.3, -0.25) is 9.36 Å². The lowest BCUT2D eigenvalue weighted by Gasteiger charge is -2.21. The Hall–Kier alpha value is -3.12. The maximum atomic E-state index is 12.9. The number of aryl methyl sites for hydroxylation is 1. The molecule has 3 rings (SSSR count). The lowest BCUT2D eigenvalue weighted by Crippen LogP contribution is -2.32. The van der Waals surface area contributed by atoms with Crippen LogP contribution < -0.4 is 4.90 Å². The summed E-state index contributed by atoms with van der Waals surface area (Å²) in [4.78, 5) is 14.6. The van der Waals surface area contributed by atoms with Crippen LogP contribution in [0.5, 0.6) is 0 Å². The highest BCUT2D eigenvalue weighted by Gasteiger charge is 2.18.